The predicted octanol–water partition coefficient (Wildman–Crippen LogP) is 18.9. The normalized spacial score (nSPS) is 14.1. The average Bonchev–Trinajstić information content (AvgIpc) is 4.13. The molecule has 2 aliphatic heterocycles. The Morgan fingerprint density at radius 2 is 0.787 bits per heavy atom. The van der Waals surface area contributed by atoms with Gasteiger partial charge in [-0.25, -0.2) is 0 Å². The van der Waals surface area contributed by atoms with E-state index in [4.69, 9.17) is 4.74 Å². The highest BCUT2D eigenvalue weighted by Crippen LogP contribution is 2.65. The van der Waals surface area contributed by atoms with Gasteiger partial charge in [0.05, 0.1) is 16.5 Å². The number of ether oxygens (including phenoxy) is 1. The van der Waals surface area contributed by atoms with Gasteiger partial charge in [0.1, 0.15) is 11.5 Å². The van der Waals surface area contributed by atoms with Crippen LogP contribution in [0.5, 0.6) is 11.5 Å². The molecular formula is C72H45NOS. The minimum atomic E-state index is -0.625. The van der Waals surface area contributed by atoms with E-state index in [-0.39, 0.29) is 0 Å². The molecular weight excluding hydrogens is 927 g/mol. The molecule has 2 aliphatic carbocycles. The van der Waals surface area contributed by atoms with Gasteiger partial charge < -0.3 is 9.64 Å². The third-order valence-corrected chi connectivity index (χ3v) is 17.8. The largest absolute Gasteiger partial charge is 0.457 e. The smallest absolute Gasteiger partial charge is 0.132 e. The molecule has 0 bridgehead atoms. The van der Waals surface area contributed by atoms with E-state index in [2.05, 4.69) is 278 Å². The van der Waals surface area contributed by atoms with Gasteiger partial charge in [-0.3, -0.25) is 0 Å². The summed E-state index contributed by atoms with van der Waals surface area (Å²) in [6.45, 7) is 0. The second-order valence-corrected chi connectivity index (χ2v) is 21.3. The molecule has 2 spiro atoms. The Bertz CT molecular complexity index is 4220. The van der Waals surface area contributed by atoms with Crippen molar-refractivity contribution in [1.82, 2.24) is 0 Å². The Morgan fingerprint density at radius 1 is 0.307 bits per heavy atom. The first-order chi connectivity index (χ1) is 37.2. The molecule has 0 atom stereocenters. The lowest BCUT2D eigenvalue weighted by Gasteiger charge is -2.40. The Labute approximate surface area is 440 Å². The number of para-hydroxylation sites is 2. The number of rotatable bonds is 5. The number of benzene rings is 12. The van der Waals surface area contributed by atoms with Crippen molar-refractivity contribution in [3.8, 4) is 56.0 Å². The van der Waals surface area contributed by atoms with E-state index in [0.717, 1.165) is 39.7 Å². The maximum absolute atomic E-state index is 6.79. The Morgan fingerprint density at radius 3 is 1.44 bits per heavy atom. The molecule has 2 nitrogen and oxygen atoms in total. The Hall–Kier alpha value is -9.15. The minimum absolute atomic E-state index is 0.510. The molecule has 12 aromatic carbocycles. The van der Waals surface area contributed by atoms with Crippen molar-refractivity contribution in [3.63, 3.8) is 0 Å². The van der Waals surface area contributed by atoms with Crippen molar-refractivity contribution < 1.29 is 4.74 Å². The van der Waals surface area contributed by atoms with Crippen LogP contribution in [0.1, 0.15) is 44.5 Å². The molecule has 3 heteroatoms. The number of hydrogen-bond donors (Lipinski definition) is 0. The van der Waals surface area contributed by atoms with Gasteiger partial charge in [0.15, 0.2) is 0 Å². The van der Waals surface area contributed by atoms with Crippen LogP contribution in [0.25, 0.3) is 55.3 Å². The van der Waals surface area contributed by atoms with Crippen LogP contribution in [0, 0.1) is 0 Å². The fourth-order valence-corrected chi connectivity index (χ4v) is 14.8. The summed E-state index contributed by atoms with van der Waals surface area (Å²) in [7, 11) is 0. The van der Waals surface area contributed by atoms with E-state index < -0.39 is 10.8 Å². The molecule has 0 radical (unpaired) electrons. The molecule has 75 heavy (non-hydrogen) atoms. The Balaban J connectivity index is 0.962. The summed E-state index contributed by atoms with van der Waals surface area (Å²) in [4.78, 5) is 5.13. The molecule has 0 saturated carbocycles. The molecule has 0 N–H and O–H groups in total. The zero-order chi connectivity index (χ0) is 49.2. The van der Waals surface area contributed by atoms with Crippen molar-refractivity contribution in [2.75, 3.05) is 4.90 Å². The standard InChI is InChI=1S/C72H45NOS/c1-2-17-46(18-3-1)47-33-35-48(36-34-47)49-37-40-51(41-38-49)73(52-42-43-54-53-20-4-6-22-56(53)71(63(54)45-52)58-24-8-12-29-65(58)74-66-30-13-9-25-59(66)71)64-28-16-19-50-39-44-62-70(69(50)64)55-21-5-7-23-57(55)72(62)60-26-10-14-31-67(60)75-68-32-15-11-27-61(68)72/h1-45H. The van der Waals surface area contributed by atoms with Gasteiger partial charge in [0.2, 0.25) is 0 Å². The van der Waals surface area contributed by atoms with E-state index in [0.29, 0.717) is 0 Å². The van der Waals surface area contributed by atoms with Crippen molar-refractivity contribution in [2.24, 2.45) is 0 Å². The van der Waals surface area contributed by atoms with Crippen LogP contribution < -0.4 is 9.64 Å². The quantitative estimate of drug-likeness (QED) is 0.171. The van der Waals surface area contributed by atoms with Crippen LogP contribution in [0.4, 0.5) is 17.1 Å². The molecule has 0 unspecified atom stereocenters. The molecule has 0 fully saturated rings. The summed E-state index contributed by atoms with van der Waals surface area (Å²) in [5.41, 5.74) is 22.1. The zero-order valence-electron chi connectivity index (χ0n) is 40.7. The van der Waals surface area contributed by atoms with Crippen molar-refractivity contribution in [1.29, 1.82) is 0 Å². The van der Waals surface area contributed by atoms with Crippen molar-refractivity contribution in [3.05, 3.63) is 317 Å². The third kappa shape index (κ3) is 5.87. The summed E-state index contributed by atoms with van der Waals surface area (Å²) in [5, 5.41) is 2.43. The van der Waals surface area contributed by atoms with Crippen LogP contribution in [-0.2, 0) is 10.8 Å². The van der Waals surface area contributed by atoms with Crippen molar-refractivity contribution >= 4 is 39.6 Å². The van der Waals surface area contributed by atoms with Crippen LogP contribution in [-0.4, -0.2) is 0 Å². The van der Waals surface area contributed by atoms with E-state index in [1.807, 2.05) is 11.8 Å². The second kappa shape index (κ2) is 16.2. The summed E-state index contributed by atoms with van der Waals surface area (Å²) in [6.07, 6.45) is 0. The fourth-order valence-electron chi connectivity index (χ4n) is 13.6. The fraction of sp³-hybridized carbons (Fsp3) is 0.0278. The lowest BCUT2D eigenvalue weighted by molar-refractivity contribution is 0.436. The SMILES string of the molecule is c1ccc(-c2ccc(-c3ccc(N(c4ccc5c(c4)C4(c6ccccc6Oc6ccccc64)c4ccccc4-5)c4cccc5ccc6c(c45)-c4ccccc4C64c5ccccc5Sc5ccccc54)cc3)cc2)cc1. The van der Waals surface area contributed by atoms with Gasteiger partial charge >= 0.3 is 0 Å². The predicted molar refractivity (Wildman–Crippen MR) is 308 cm³/mol. The molecule has 12 aromatic rings. The summed E-state index contributed by atoms with van der Waals surface area (Å²) in [5.74, 6) is 1.77. The van der Waals surface area contributed by atoms with E-state index in [9.17, 15) is 0 Å². The average molecular weight is 972 g/mol. The summed E-state index contributed by atoms with van der Waals surface area (Å²) >= 11 is 1.89. The zero-order valence-corrected chi connectivity index (χ0v) is 41.6. The number of fused-ring (bicyclic) bond motifs is 20. The molecule has 0 saturated heterocycles. The lowest BCUT2D eigenvalue weighted by atomic mass is 9.66. The number of hydrogen-bond acceptors (Lipinski definition) is 3. The topological polar surface area (TPSA) is 12.5 Å². The first-order valence-corrected chi connectivity index (χ1v) is 26.7. The molecule has 16 rings (SSSR count). The first kappa shape index (κ1) is 42.4. The number of nitrogens with zero attached hydrogens (tertiary/aromatic N) is 1. The van der Waals surface area contributed by atoms with Crippen molar-refractivity contribution in [2.45, 2.75) is 20.6 Å². The third-order valence-electron chi connectivity index (χ3n) is 16.6. The van der Waals surface area contributed by atoms with Gasteiger partial charge in [-0.2, -0.15) is 0 Å². The van der Waals surface area contributed by atoms with Gasteiger partial charge in [-0.05, 0) is 138 Å². The minimum Gasteiger partial charge on any atom is -0.457 e. The highest BCUT2D eigenvalue weighted by molar-refractivity contribution is 7.99. The maximum Gasteiger partial charge on any atom is 0.132 e. The molecule has 2 heterocycles. The van der Waals surface area contributed by atoms with Gasteiger partial charge in [-0.15, -0.1) is 0 Å². The molecule has 350 valence electrons. The highest BCUT2D eigenvalue weighted by atomic mass is 32.2. The van der Waals surface area contributed by atoms with E-state index in [1.165, 1.54) is 98.5 Å². The monoisotopic (exact) mass is 971 g/mol. The van der Waals surface area contributed by atoms with E-state index >= 15 is 0 Å². The number of anilines is 3. The van der Waals surface area contributed by atoms with Crippen LogP contribution >= 0.6 is 11.8 Å². The first-order valence-electron chi connectivity index (χ1n) is 25.9. The van der Waals surface area contributed by atoms with Crippen LogP contribution in [0.15, 0.2) is 283 Å². The van der Waals surface area contributed by atoms with E-state index in [1.54, 1.807) is 0 Å². The lowest BCUT2D eigenvalue weighted by Crippen LogP contribution is -2.32. The van der Waals surface area contributed by atoms with Gasteiger partial charge in [0.25, 0.3) is 0 Å². The second-order valence-electron chi connectivity index (χ2n) is 20.2. The maximum atomic E-state index is 6.79. The Kier molecular flexibility index (Phi) is 9.14. The van der Waals surface area contributed by atoms with Crippen LogP contribution in [0.3, 0.4) is 0 Å². The summed E-state index contributed by atoms with van der Waals surface area (Å²) < 4.78 is 6.79. The van der Waals surface area contributed by atoms with Crippen LogP contribution in [0.2, 0.25) is 0 Å². The molecule has 0 aromatic heterocycles. The molecule has 4 aliphatic rings. The van der Waals surface area contributed by atoms with Gasteiger partial charge in [-0.1, -0.05) is 230 Å². The summed E-state index contributed by atoms with van der Waals surface area (Å²) in [6, 6.07) is 101. The highest BCUT2D eigenvalue weighted by Gasteiger charge is 2.53. The van der Waals surface area contributed by atoms with Gasteiger partial charge in [0, 0.05) is 37.7 Å². The molecule has 0 amide bonds.